The minimum absolute atomic E-state index is 0.222. The number of carboxylic acids is 1. The lowest BCUT2D eigenvalue weighted by molar-refractivity contribution is -0.136. The van der Waals surface area contributed by atoms with Crippen molar-refractivity contribution in [2.75, 3.05) is 13.1 Å². The van der Waals surface area contributed by atoms with Crippen molar-refractivity contribution in [3.05, 3.63) is 0 Å². The van der Waals surface area contributed by atoms with Gasteiger partial charge in [0.1, 0.15) is 0 Å². The molecule has 3 heteroatoms. The van der Waals surface area contributed by atoms with Crippen molar-refractivity contribution < 1.29 is 9.90 Å². The zero-order chi connectivity index (χ0) is 12.6. The van der Waals surface area contributed by atoms with Crippen LogP contribution in [0.2, 0.25) is 0 Å². The molecule has 0 aliphatic carbocycles. The molecule has 0 saturated heterocycles. The molecule has 0 rings (SSSR count). The lowest BCUT2D eigenvalue weighted by Gasteiger charge is -2.02. The maximum atomic E-state index is 9.37. The second-order valence-electron chi connectivity index (χ2n) is 3.91. The zero-order valence-electron chi connectivity index (χ0n) is 11.2. The lowest BCUT2D eigenvalue weighted by Crippen LogP contribution is -2.16. The smallest absolute Gasteiger partial charge is 0.303 e. The highest BCUT2D eigenvalue weighted by atomic mass is 16.4. The Kier molecular flexibility index (Phi) is 18.8. The van der Waals surface area contributed by atoms with E-state index in [0.717, 1.165) is 0 Å². The molecule has 0 aliphatic heterocycles. The van der Waals surface area contributed by atoms with E-state index in [4.69, 9.17) is 5.11 Å². The van der Waals surface area contributed by atoms with Crippen LogP contribution in [0.5, 0.6) is 0 Å². The van der Waals surface area contributed by atoms with Gasteiger partial charge in [0.15, 0.2) is 0 Å². The summed E-state index contributed by atoms with van der Waals surface area (Å²) in [5.41, 5.74) is 0. The molecule has 3 nitrogen and oxygen atoms in total. The van der Waals surface area contributed by atoms with E-state index in [-0.39, 0.29) is 6.42 Å². The summed E-state index contributed by atoms with van der Waals surface area (Å²) in [7, 11) is 0. The summed E-state index contributed by atoms with van der Waals surface area (Å²) in [6, 6.07) is 0. The molecule has 0 aromatic heterocycles. The van der Waals surface area contributed by atoms with E-state index >= 15 is 0 Å². The predicted molar refractivity (Wildman–Crippen MR) is 69.8 cm³/mol. The van der Waals surface area contributed by atoms with E-state index in [9.17, 15) is 4.79 Å². The number of nitrogens with one attached hydrogen (secondary N) is 1. The first-order chi connectivity index (χ1) is 7.68. The molecule has 0 heterocycles. The molecule has 16 heavy (non-hydrogen) atoms. The fourth-order valence-corrected chi connectivity index (χ4v) is 1.12. The molecule has 0 unspecified atom stereocenters. The zero-order valence-corrected chi connectivity index (χ0v) is 11.2. The average Bonchev–Trinajstić information content (AvgIpc) is 2.29. The van der Waals surface area contributed by atoms with Gasteiger partial charge in [-0.15, -0.1) is 0 Å². The normalized spacial score (nSPS) is 9.44. The Bertz CT molecular complexity index is 130. The van der Waals surface area contributed by atoms with Crippen molar-refractivity contribution >= 4 is 5.97 Å². The highest BCUT2D eigenvalue weighted by Gasteiger charge is 1.87. The minimum atomic E-state index is -0.745. The van der Waals surface area contributed by atoms with Crippen LogP contribution >= 0.6 is 0 Å². The molecule has 0 atom stereocenters. The van der Waals surface area contributed by atoms with Crippen LogP contribution in [-0.2, 0) is 4.79 Å². The van der Waals surface area contributed by atoms with Gasteiger partial charge in [0, 0.05) is 6.42 Å². The van der Waals surface area contributed by atoms with E-state index in [1.807, 2.05) is 0 Å². The van der Waals surface area contributed by atoms with Gasteiger partial charge < -0.3 is 10.4 Å². The third-order valence-corrected chi connectivity index (χ3v) is 2.22. The highest BCUT2D eigenvalue weighted by molar-refractivity contribution is 5.66. The number of rotatable bonds is 9. The predicted octanol–water partition coefficient (Wildman–Crippen LogP) is 3.44. The molecule has 0 bridgehead atoms. The van der Waals surface area contributed by atoms with Crippen LogP contribution < -0.4 is 5.32 Å². The van der Waals surface area contributed by atoms with E-state index in [0.29, 0.717) is 0 Å². The average molecular weight is 231 g/mol. The molecule has 0 aliphatic rings. The number of aliphatic carboxylic acids is 1. The van der Waals surface area contributed by atoms with Crippen LogP contribution in [0.1, 0.15) is 65.7 Å². The van der Waals surface area contributed by atoms with Gasteiger partial charge in [-0.1, -0.05) is 46.5 Å². The second-order valence-corrected chi connectivity index (χ2v) is 3.91. The van der Waals surface area contributed by atoms with Gasteiger partial charge >= 0.3 is 5.97 Å². The Morgan fingerprint density at radius 3 is 1.56 bits per heavy atom. The topological polar surface area (TPSA) is 49.3 Å². The molecule has 0 amide bonds. The van der Waals surface area contributed by atoms with Crippen LogP contribution in [0.15, 0.2) is 0 Å². The first kappa shape index (κ1) is 17.8. The molecular formula is C13H29NO2. The summed E-state index contributed by atoms with van der Waals surface area (Å²) in [6.07, 6.45) is 8.33. The summed E-state index contributed by atoms with van der Waals surface area (Å²) >= 11 is 0. The van der Waals surface area contributed by atoms with Gasteiger partial charge in [0.2, 0.25) is 0 Å². The molecule has 98 valence electrons. The Balaban J connectivity index is 0. The van der Waals surface area contributed by atoms with E-state index < -0.39 is 5.97 Å². The monoisotopic (exact) mass is 231 g/mol. The Morgan fingerprint density at radius 2 is 1.31 bits per heavy atom. The summed E-state index contributed by atoms with van der Waals surface area (Å²) < 4.78 is 0. The van der Waals surface area contributed by atoms with E-state index in [1.54, 1.807) is 6.92 Å². The van der Waals surface area contributed by atoms with Crippen LogP contribution in [0.3, 0.4) is 0 Å². The van der Waals surface area contributed by atoms with Gasteiger partial charge in [-0.2, -0.15) is 0 Å². The van der Waals surface area contributed by atoms with Crippen LogP contribution in [-0.4, -0.2) is 24.2 Å². The minimum Gasteiger partial charge on any atom is -0.481 e. The first-order valence-corrected chi connectivity index (χ1v) is 6.61. The van der Waals surface area contributed by atoms with Crippen LogP contribution in [0, 0.1) is 0 Å². The fraction of sp³-hybridized carbons (Fsp3) is 0.923. The summed E-state index contributed by atoms with van der Waals surface area (Å²) in [5, 5.41) is 11.2. The van der Waals surface area contributed by atoms with Crippen LogP contribution in [0.25, 0.3) is 0 Å². The number of hydrogen-bond acceptors (Lipinski definition) is 2. The van der Waals surface area contributed by atoms with Crippen molar-refractivity contribution in [2.24, 2.45) is 0 Å². The maximum absolute atomic E-state index is 9.37. The summed E-state index contributed by atoms with van der Waals surface area (Å²) in [5.74, 6) is -0.745. The number of hydrogen-bond donors (Lipinski definition) is 2. The second kappa shape index (κ2) is 16.8. The van der Waals surface area contributed by atoms with E-state index in [1.165, 1.54) is 51.6 Å². The number of carbonyl (C=O) groups is 1. The van der Waals surface area contributed by atoms with Crippen molar-refractivity contribution in [2.45, 2.75) is 65.7 Å². The molecule has 0 fully saturated rings. The standard InChI is InChI=1S/C10H23N.C3H6O2/c1-3-5-7-9-11-10-8-6-4-2;1-2-3(4)5/h11H,3-10H2,1-2H3;2H2,1H3,(H,4,5). The summed E-state index contributed by atoms with van der Waals surface area (Å²) in [6.45, 7) is 8.53. The third kappa shape index (κ3) is 23.3. The number of carboxylic acid groups (broad SMARTS) is 1. The highest BCUT2D eigenvalue weighted by Crippen LogP contribution is 1.93. The fourth-order valence-electron chi connectivity index (χ4n) is 1.12. The van der Waals surface area contributed by atoms with Crippen molar-refractivity contribution in [3.63, 3.8) is 0 Å². The molecule has 2 N–H and O–H groups in total. The Morgan fingerprint density at radius 1 is 0.938 bits per heavy atom. The SMILES string of the molecule is CCC(=O)O.CCCCCNCCCCC. The van der Waals surface area contributed by atoms with Gasteiger partial charge in [-0.3, -0.25) is 4.79 Å². The molecule has 0 spiro atoms. The maximum Gasteiger partial charge on any atom is 0.303 e. The molecule has 0 radical (unpaired) electrons. The van der Waals surface area contributed by atoms with Gasteiger partial charge in [-0.05, 0) is 25.9 Å². The molecular weight excluding hydrogens is 202 g/mol. The van der Waals surface area contributed by atoms with Gasteiger partial charge in [0.05, 0.1) is 0 Å². The van der Waals surface area contributed by atoms with Crippen molar-refractivity contribution in [3.8, 4) is 0 Å². The van der Waals surface area contributed by atoms with Crippen molar-refractivity contribution in [1.82, 2.24) is 5.32 Å². The molecule has 0 saturated carbocycles. The van der Waals surface area contributed by atoms with Gasteiger partial charge in [-0.25, -0.2) is 0 Å². The third-order valence-electron chi connectivity index (χ3n) is 2.22. The summed E-state index contributed by atoms with van der Waals surface area (Å²) in [4.78, 5) is 9.37. The van der Waals surface area contributed by atoms with Gasteiger partial charge in [0.25, 0.3) is 0 Å². The molecule has 0 aromatic carbocycles. The first-order valence-electron chi connectivity index (χ1n) is 6.61. The quantitative estimate of drug-likeness (QED) is 0.598. The Labute approximate surface area is 101 Å². The number of unbranched alkanes of at least 4 members (excludes halogenated alkanes) is 4. The largest absolute Gasteiger partial charge is 0.481 e. The van der Waals surface area contributed by atoms with Crippen molar-refractivity contribution in [1.29, 1.82) is 0 Å². The molecule has 0 aromatic rings. The lowest BCUT2D eigenvalue weighted by atomic mass is 10.2. The van der Waals surface area contributed by atoms with E-state index in [2.05, 4.69) is 19.2 Å². The van der Waals surface area contributed by atoms with Crippen LogP contribution in [0.4, 0.5) is 0 Å². The Hall–Kier alpha value is -0.570.